The Morgan fingerprint density at radius 1 is 1.33 bits per heavy atom. The van der Waals surface area contributed by atoms with Gasteiger partial charge >= 0.3 is 0 Å². The molecule has 3 heterocycles. The minimum Gasteiger partial charge on any atom is -0.342 e. The molecule has 7 heteroatoms. The third-order valence-electron chi connectivity index (χ3n) is 5.58. The van der Waals surface area contributed by atoms with Crippen LogP contribution in [0.4, 0.5) is 0 Å². The second-order valence-corrected chi connectivity index (χ2v) is 8.44. The average molecular weight is 350 g/mol. The third kappa shape index (κ3) is 3.33. The lowest BCUT2D eigenvalue weighted by Crippen LogP contribution is -2.50. The molecular weight excluding hydrogens is 324 g/mol. The number of thioether (sulfide) groups is 1. The topological polar surface area (TPSA) is 62.5 Å². The van der Waals surface area contributed by atoms with Crippen molar-refractivity contribution in [2.75, 3.05) is 32.4 Å². The number of amides is 1. The van der Waals surface area contributed by atoms with Crippen molar-refractivity contribution in [1.82, 2.24) is 19.9 Å². The van der Waals surface area contributed by atoms with Gasteiger partial charge in [-0.2, -0.15) is 16.7 Å². The molecule has 132 valence electrons. The van der Waals surface area contributed by atoms with E-state index in [0.29, 0.717) is 18.3 Å². The van der Waals surface area contributed by atoms with Gasteiger partial charge in [0.25, 0.3) is 0 Å². The number of likely N-dealkylation sites (tertiary alicyclic amines) is 2. The number of hydrogen-bond donors (Lipinski definition) is 0. The van der Waals surface area contributed by atoms with Gasteiger partial charge in [-0.05, 0) is 50.8 Å². The maximum absolute atomic E-state index is 13.0. The predicted molar refractivity (Wildman–Crippen MR) is 92.4 cm³/mol. The Labute approximate surface area is 147 Å². The average Bonchev–Trinajstić information content (AvgIpc) is 3.13. The van der Waals surface area contributed by atoms with E-state index >= 15 is 0 Å². The summed E-state index contributed by atoms with van der Waals surface area (Å²) in [6.45, 7) is 4.40. The van der Waals surface area contributed by atoms with Gasteiger partial charge in [0.05, 0.1) is 17.7 Å². The molecule has 0 aromatic carbocycles. The lowest BCUT2D eigenvalue weighted by Gasteiger charge is -2.39. The molecule has 0 radical (unpaired) electrons. The van der Waals surface area contributed by atoms with Crippen LogP contribution in [0.1, 0.15) is 43.8 Å². The molecule has 1 unspecified atom stereocenters. The Bertz CT molecular complexity index is 603. The van der Waals surface area contributed by atoms with Crippen LogP contribution < -0.4 is 0 Å². The van der Waals surface area contributed by atoms with Gasteiger partial charge in [-0.1, -0.05) is 5.16 Å². The summed E-state index contributed by atoms with van der Waals surface area (Å²) in [4.78, 5) is 21.9. The summed E-state index contributed by atoms with van der Waals surface area (Å²) in [6.07, 6.45) is 7.79. The zero-order valence-electron chi connectivity index (χ0n) is 14.4. The van der Waals surface area contributed by atoms with Gasteiger partial charge in [-0.3, -0.25) is 9.69 Å². The van der Waals surface area contributed by atoms with E-state index < -0.39 is 0 Å². The Morgan fingerprint density at radius 2 is 2.21 bits per heavy atom. The maximum atomic E-state index is 13.0. The lowest BCUT2D eigenvalue weighted by molar-refractivity contribution is -0.146. The van der Waals surface area contributed by atoms with Crippen LogP contribution in [-0.2, 0) is 17.1 Å². The van der Waals surface area contributed by atoms with Gasteiger partial charge in [0.1, 0.15) is 0 Å². The van der Waals surface area contributed by atoms with Gasteiger partial charge < -0.3 is 9.42 Å². The van der Waals surface area contributed by atoms with Crippen molar-refractivity contribution < 1.29 is 9.32 Å². The van der Waals surface area contributed by atoms with E-state index in [9.17, 15) is 4.79 Å². The Hall–Kier alpha value is -1.08. The van der Waals surface area contributed by atoms with Crippen LogP contribution in [0.2, 0.25) is 0 Å². The molecule has 0 bridgehead atoms. The van der Waals surface area contributed by atoms with Crippen molar-refractivity contribution in [3.63, 3.8) is 0 Å². The molecule has 6 nitrogen and oxygen atoms in total. The second kappa shape index (κ2) is 6.67. The number of aromatic nitrogens is 2. The first-order valence-electron chi connectivity index (χ1n) is 9.01. The SMILES string of the molecule is CSCc1noc(CN2CCC3(CCCN(CC4CC4)C3=O)C2)n1. The summed E-state index contributed by atoms with van der Waals surface area (Å²) in [5.74, 6) is 3.39. The number of nitrogens with zero attached hydrogens (tertiary/aromatic N) is 4. The van der Waals surface area contributed by atoms with Gasteiger partial charge in [0, 0.05) is 19.6 Å². The second-order valence-electron chi connectivity index (χ2n) is 7.58. The molecule has 1 amide bonds. The molecule has 3 aliphatic rings. The molecule has 3 fully saturated rings. The third-order valence-corrected chi connectivity index (χ3v) is 6.12. The monoisotopic (exact) mass is 350 g/mol. The fraction of sp³-hybridized carbons (Fsp3) is 0.824. The van der Waals surface area contributed by atoms with Crippen molar-refractivity contribution in [1.29, 1.82) is 0 Å². The molecule has 0 N–H and O–H groups in total. The van der Waals surface area contributed by atoms with Crippen molar-refractivity contribution in [3.8, 4) is 0 Å². The summed E-state index contributed by atoms with van der Waals surface area (Å²) in [7, 11) is 0. The fourth-order valence-corrected chi connectivity index (χ4v) is 4.52. The van der Waals surface area contributed by atoms with Crippen molar-refractivity contribution in [2.24, 2.45) is 11.3 Å². The summed E-state index contributed by atoms with van der Waals surface area (Å²) in [5.41, 5.74) is -0.157. The molecule has 1 aromatic rings. The molecule has 4 rings (SSSR count). The Morgan fingerprint density at radius 3 is 3.00 bits per heavy atom. The largest absolute Gasteiger partial charge is 0.342 e. The molecule has 1 atom stereocenters. The summed E-state index contributed by atoms with van der Waals surface area (Å²) in [6, 6.07) is 0. The van der Waals surface area contributed by atoms with E-state index in [2.05, 4.69) is 19.9 Å². The molecule has 2 aliphatic heterocycles. The highest BCUT2D eigenvalue weighted by molar-refractivity contribution is 7.97. The number of carbonyl (C=O) groups excluding carboxylic acids is 1. The van der Waals surface area contributed by atoms with Crippen molar-refractivity contribution >= 4 is 17.7 Å². The first-order valence-corrected chi connectivity index (χ1v) is 10.4. The standard InChI is InChI=1S/C17H26N4O2S/c1-24-11-14-18-15(23-19-14)10-20-8-6-17(12-20)5-2-7-21(16(17)22)9-13-3-4-13/h13H,2-12H2,1H3. The first-order chi connectivity index (χ1) is 11.7. The first kappa shape index (κ1) is 16.4. The number of carbonyl (C=O) groups is 1. The lowest BCUT2D eigenvalue weighted by atomic mass is 9.78. The summed E-state index contributed by atoms with van der Waals surface area (Å²) < 4.78 is 5.35. The maximum Gasteiger partial charge on any atom is 0.240 e. The van der Waals surface area contributed by atoms with E-state index in [1.807, 2.05) is 6.26 Å². The van der Waals surface area contributed by atoms with Gasteiger partial charge in [-0.15, -0.1) is 0 Å². The molecule has 1 saturated carbocycles. The fourth-order valence-electron chi connectivity index (χ4n) is 4.14. The van der Waals surface area contributed by atoms with Gasteiger partial charge in [0.2, 0.25) is 11.8 Å². The molecule has 1 aliphatic carbocycles. The van der Waals surface area contributed by atoms with Gasteiger partial charge in [0.15, 0.2) is 5.82 Å². The Kier molecular flexibility index (Phi) is 4.56. The summed E-state index contributed by atoms with van der Waals surface area (Å²) in [5, 5.41) is 4.01. The van der Waals surface area contributed by atoms with E-state index in [0.717, 1.165) is 62.9 Å². The highest BCUT2D eigenvalue weighted by atomic mass is 32.2. The highest BCUT2D eigenvalue weighted by Crippen LogP contribution is 2.42. The van der Waals surface area contributed by atoms with Crippen LogP contribution in [0.15, 0.2) is 4.52 Å². The predicted octanol–water partition coefficient (Wildman–Crippen LogP) is 2.16. The molecule has 24 heavy (non-hydrogen) atoms. The zero-order chi connectivity index (χ0) is 16.6. The minimum absolute atomic E-state index is 0.157. The van der Waals surface area contributed by atoms with Crippen LogP contribution >= 0.6 is 11.8 Å². The molecular formula is C17H26N4O2S. The molecule has 2 saturated heterocycles. The van der Waals surface area contributed by atoms with Crippen LogP contribution in [0.5, 0.6) is 0 Å². The quantitative estimate of drug-likeness (QED) is 0.783. The normalized spacial score (nSPS) is 28.2. The number of hydrogen-bond acceptors (Lipinski definition) is 6. The molecule has 1 aromatic heterocycles. The number of rotatable bonds is 6. The van der Waals surface area contributed by atoms with Gasteiger partial charge in [-0.25, -0.2) is 0 Å². The van der Waals surface area contributed by atoms with E-state index in [1.54, 1.807) is 11.8 Å². The van der Waals surface area contributed by atoms with Crippen molar-refractivity contribution in [3.05, 3.63) is 11.7 Å². The Balaban J connectivity index is 1.37. The minimum atomic E-state index is -0.157. The van der Waals surface area contributed by atoms with Crippen molar-refractivity contribution in [2.45, 2.75) is 44.4 Å². The van der Waals surface area contributed by atoms with Crippen LogP contribution in [-0.4, -0.2) is 58.3 Å². The van der Waals surface area contributed by atoms with E-state index in [-0.39, 0.29) is 5.41 Å². The van der Waals surface area contributed by atoms with E-state index in [4.69, 9.17) is 4.52 Å². The van der Waals surface area contributed by atoms with Crippen LogP contribution in [0.25, 0.3) is 0 Å². The summed E-state index contributed by atoms with van der Waals surface area (Å²) >= 11 is 1.69. The number of piperidine rings is 1. The zero-order valence-corrected chi connectivity index (χ0v) is 15.2. The van der Waals surface area contributed by atoms with E-state index in [1.165, 1.54) is 12.8 Å². The molecule has 1 spiro atoms. The smallest absolute Gasteiger partial charge is 0.240 e. The van der Waals surface area contributed by atoms with Crippen LogP contribution in [0.3, 0.4) is 0 Å². The van der Waals surface area contributed by atoms with Crippen LogP contribution in [0, 0.1) is 11.3 Å². The highest BCUT2D eigenvalue weighted by Gasteiger charge is 2.49.